The Morgan fingerprint density at radius 3 is 2.61 bits per heavy atom. The molecule has 0 aliphatic carbocycles. The lowest BCUT2D eigenvalue weighted by Gasteiger charge is -2.40. The third kappa shape index (κ3) is 9.37. The Morgan fingerprint density at radius 2 is 1.78 bits per heavy atom. The smallest absolute Gasteiger partial charge is 0.411 e. The number of piperazine rings is 1. The molecule has 0 spiro atoms. The molecule has 10 nitrogen and oxygen atoms in total. The molecule has 11 heteroatoms. The van der Waals surface area contributed by atoms with Crippen molar-refractivity contribution in [2.75, 3.05) is 85.1 Å². The van der Waals surface area contributed by atoms with E-state index >= 15 is 0 Å². The molecule has 4 aromatic rings. The number of allylic oxidation sites excluding steroid dienone is 1. The largest absolute Gasteiger partial charge is 0.489 e. The zero-order valence-corrected chi connectivity index (χ0v) is 29.6. The van der Waals surface area contributed by atoms with Crippen molar-refractivity contribution >= 4 is 34.4 Å². The third-order valence-corrected chi connectivity index (χ3v) is 10.1. The van der Waals surface area contributed by atoms with E-state index < -0.39 is 6.09 Å². The van der Waals surface area contributed by atoms with Crippen molar-refractivity contribution in [1.82, 2.24) is 25.0 Å². The number of nitrogens with zero attached hydrogens (tertiary/aromatic N) is 3. The molecule has 6 rings (SSSR count). The maximum Gasteiger partial charge on any atom is 0.411 e. The quantitative estimate of drug-likeness (QED) is 0.135. The van der Waals surface area contributed by atoms with Gasteiger partial charge in [-0.3, -0.25) is 15.1 Å². The van der Waals surface area contributed by atoms with Gasteiger partial charge in [-0.05, 0) is 69.4 Å². The van der Waals surface area contributed by atoms with Crippen LogP contribution in [0.2, 0.25) is 0 Å². The van der Waals surface area contributed by atoms with E-state index in [1.165, 1.54) is 26.6 Å². The van der Waals surface area contributed by atoms with Gasteiger partial charge in [0.1, 0.15) is 25.1 Å². The van der Waals surface area contributed by atoms with Crippen molar-refractivity contribution in [1.29, 1.82) is 0 Å². The highest BCUT2D eigenvalue weighted by Crippen LogP contribution is 2.43. The number of hydrogen-bond acceptors (Lipinski definition) is 9. The molecule has 0 bridgehead atoms. The zero-order valence-electron chi connectivity index (χ0n) is 28.7. The number of benzene rings is 3. The lowest BCUT2D eigenvalue weighted by atomic mass is 10.1. The van der Waals surface area contributed by atoms with E-state index in [0.29, 0.717) is 25.5 Å². The summed E-state index contributed by atoms with van der Waals surface area (Å²) >= 11 is 1.84. The van der Waals surface area contributed by atoms with E-state index in [4.69, 9.17) is 14.2 Å². The molecule has 1 atom stereocenters. The molecule has 1 aromatic heterocycles. The highest BCUT2D eigenvalue weighted by Gasteiger charge is 2.29. The second kappa shape index (κ2) is 17.1. The summed E-state index contributed by atoms with van der Waals surface area (Å²) in [7, 11) is 4.14. The van der Waals surface area contributed by atoms with Gasteiger partial charge in [-0.25, -0.2) is 4.79 Å². The van der Waals surface area contributed by atoms with Crippen molar-refractivity contribution in [3.63, 3.8) is 0 Å². The number of aromatic nitrogens is 1. The van der Waals surface area contributed by atoms with Gasteiger partial charge in [-0.2, -0.15) is 0 Å². The Morgan fingerprint density at radius 1 is 0.980 bits per heavy atom. The van der Waals surface area contributed by atoms with E-state index in [-0.39, 0.29) is 12.8 Å². The van der Waals surface area contributed by atoms with Gasteiger partial charge < -0.3 is 29.4 Å². The number of nitrogens with one attached hydrogen (secondary N) is 3. The number of ether oxygens (including phenoxy) is 3. The van der Waals surface area contributed by atoms with Crippen LogP contribution in [0.1, 0.15) is 24.2 Å². The molecule has 49 heavy (non-hydrogen) atoms. The fourth-order valence-corrected chi connectivity index (χ4v) is 7.29. The van der Waals surface area contributed by atoms with Crippen LogP contribution in [-0.4, -0.2) is 106 Å². The van der Waals surface area contributed by atoms with Crippen LogP contribution in [0.3, 0.4) is 0 Å². The number of carbonyl (C=O) groups excluding carboxylic acids is 1. The van der Waals surface area contributed by atoms with Gasteiger partial charge in [0, 0.05) is 83.1 Å². The number of H-pyrrole nitrogens is 1. The van der Waals surface area contributed by atoms with E-state index in [1.54, 1.807) is 0 Å². The van der Waals surface area contributed by atoms with Gasteiger partial charge in [0.15, 0.2) is 0 Å². The fourth-order valence-electron chi connectivity index (χ4n) is 6.23. The maximum atomic E-state index is 12.3. The second-order valence-electron chi connectivity index (χ2n) is 12.7. The number of hydrogen-bond donors (Lipinski definition) is 3. The predicted molar refractivity (Wildman–Crippen MR) is 196 cm³/mol. The predicted octanol–water partition coefficient (Wildman–Crippen LogP) is 6.19. The summed E-state index contributed by atoms with van der Waals surface area (Å²) in [5, 5.41) is 7.69. The molecule has 1 unspecified atom stereocenters. The number of para-hydroxylation sites is 1. The van der Waals surface area contributed by atoms with Crippen molar-refractivity contribution in [2.45, 2.75) is 29.3 Å². The Hall–Kier alpha value is -4.00. The lowest BCUT2D eigenvalue weighted by molar-refractivity contribution is 0.0448. The van der Waals surface area contributed by atoms with Crippen LogP contribution in [0.15, 0.2) is 94.5 Å². The van der Waals surface area contributed by atoms with Crippen molar-refractivity contribution < 1.29 is 19.0 Å². The summed E-state index contributed by atoms with van der Waals surface area (Å²) in [6, 6.07) is 23.3. The highest BCUT2D eigenvalue weighted by atomic mass is 32.2. The molecule has 3 aromatic carbocycles. The number of aromatic amines is 1. The Labute approximate surface area is 293 Å². The van der Waals surface area contributed by atoms with E-state index in [1.807, 2.05) is 36.9 Å². The lowest BCUT2D eigenvalue weighted by Crippen LogP contribution is -2.49. The van der Waals surface area contributed by atoms with Gasteiger partial charge in [-0.15, -0.1) is 0 Å². The van der Waals surface area contributed by atoms with Gasteiger partial charge >= 0.3 is 6.09 Å². The topological polar surface area (TPSA) is 94.3 Å². The molecular weight excluding hydrogens is 637 g/mol. The van der Waals surface area contributed by atoms with Crippen LogP contribution in [0.4, 0.5) is 10.5 Å². The highest BCUT2D eigenvalue weighted by molar-refractivity contribution is 7.99. The monoisotopic (exact) mass is 684 g/mol. The van der Waals surface area contributed by atoms with Crippen molar-refractivity contribution in [2.24, 2.45) is 0 Å². The van der Waals surface area contributed by atoms with Crippen molar-refractivity contribution in [3.05, 3.63) is 95.8 Å². The minimum Gasteiger partial charge on any atom is -0.489 e. The summed E-state index contributed by atoms with van der Waals surface area (Å²) in [6.45, 7) is 9.01. The van der Waals surface area contributed by atoms with Gasteiger partial charge in [0.2, 0.25) is 0 Å². The van der Waals surface area contributed by atoms with Gasteiger partial charge in [-0.1, -0.05) is 48.2 Å². The zero-order chi connectivity index (χ0) is 34.0. The molecule has 3 heterocycles. The first kappa shape index (κ1) is 34.8. The first-order chi connectivity index (χ1) is 23.9. The van der Waals surface area contributed by atoms with Crippen LogP contribution >= 0.6 is 11.8 Å². The summed E-state index contributed by atoms with van der Waals surface area (Å²) < 4.78 is 17.2. The number of fused-ring (bicyclic) bond motifs is 3. The fraction of sp³-hybridized carbons (Fsp3) is 0.395. The summed E-state index contributed by atoms with van der Waals surface area (Å²) in [4.78, 5) is 25.4. The molecule has 1 saturated heterocycles. The third-order valence-electron chi connectivity index (χ3n) is 8.90. The molecule has 0 radical (unpaired) electrons. The van der Waals surface area contributed by atoms with Crippen LogP contribution < -0.4 is 15.4 Å². The molecule has 2 aliphatic rings. The molecule has 2 aliphatic heterocycles. The number of alkyl carbamates (subject to hydrolysis) is 1. The van der Waals surface area contributed by atoms with Crippen LogP contribution in [0.25, 0.3) is 10.9 Å². The molecule has 0 saturated carbocycles. The number of rotatable bonds is 14. The summed E-state index contributed by atoms with van der Waals surface area (Å²) in [5.41, 5.74) is 5.47. The number of likely N-dealkylation sites (N-methyl/N-ethyl adjacent to an activating group) is 1. The number of anilines is 1. The first-order valence-electron chi connectivity index (χ1n) is 17.1. The van der Waals surface area contributed by atoms with E-state index in [2.05, 4.69) is 105 Å². The SMILES string of the molecule is C/C(=C\COc1cccc2[nH]cc(CCN(C)C)c12)NC(=O)OCCOCCN1CCN(C2Nc3ccccc3Sc3ccccc32)CC1. The van der Waals surface area contributed by atoms with Gasteiger partial charge in [0.05, 0.1) is 13.2 Å². The standard InChI is InChI=1S/C38H48N6O4S/c1-28(16-23-47-33-12-8-11-32-36(33)29(27-39-32)15-17-42(2)3)40-38(45)48-26-25-46-24-22-43-18-20-44(21-19-43)37-30-9-4-6-13-34(30)49-35-14-7-5-10-31(35)41-37/h4-14,16,27,37,39,41H,15,17-26H2,1-3H3,(H,40,45)/b28-16+. The summed E-state index contributed by atoms with van der Waals surface area (Å²) in [6.07, 6.45) is 4.47. The molecular formula is C38H48N6O4S. The minimum atomic E-state index is -0.498. The van der Waals surface area contributed by atoms with Crippen molar-refractivity contribution in [3.8, 4) is 5.75 Å². The minimum absolute atomic E-state index is 0.144. The molecule has 1 fully saturated rings. The summed E-state index contributed by atoms with van der Waals surface area (Å²) in [5.74, 6) is 0.825. The van der Waals surface area contributed by atoms with Gasteiger partial charge in [0.25, 0.3) is 0 Å². The van der Waals surface area contributed by atoms with E-state index in [9.17, 15) is 4.79 Å². The molecule has 260 valence electrons. The normalized spacial score (nSPS) is 16.9. The Balaban J connectivity index is 0.864. The number of amides is 1. The van der Waals surface area contributed by atoms with Crippen LogP contribution in [-0.2, 0) is 15.9 Å². The average molecular weight is 685 g/mol. The Kier molecular flexibility index (Phi) is 12.2. The second-order valence-corrected chi connectivity index (χ2v) is 13.8. The van der Waals surface area contributed by atoms with E-state index in [0.717, 1.165) is 62.3 Å². The number of carbonyl (C=O) groups is 1. The van der Waals surface area contributed by atoms with Crippen LogP contribution in [0, 0.1) is 0 Å². The van der Waals surface area contributed by atoms with Crippen LogP contribution in [0.5, 0.6) is 5.75 Å². The maximum absolute atomic E-state index is 12.3. The molecule has 1 amide bonds. The first-order valence-corrected chi connectivity index (χ1v) is 17.9. The average Bonchev–Trinajstić information content (AvgIpc) is 3.45. The Bertz CT molecular complexity index is 1720. The molecule has 3 N–H and O–H groups in total.